The molecule has 0 bridgehead atoms. The van der Waals surface area contributed by atoms with E-state index < -0.39 is 0 Å². The summed E-state index contributed by atoms with van der Waals surface area (Å²) >= 11 is 0. The zero-order chi connectivity index (χ0) is 17.0. The lowest BCUT2D eigenvalue weighted by molar-refractivity contribution is 0.0363. The lowest BCUT2D eigenvalue weighted by Crippen LogP contribution is -2.58. The Hall–Kier alpha value is -1.82. The second-order valence-electron chi connectivity index (χ2n) is 6.90. The molecule has 0 unspecified atom stereocenters. The Kier molecular flexibility index (Phi) is 5.46. The lowest BCUT2D eigenvalue weighted by atomic mass is 9.75. The predicted molar refractivity (Wildman–Crippen MR) is 93.7 cm³/mol. The Balaban J connectivity index is 1.88. The molecule has 128 valence electrons. The summed E-state index contributed by atoms with van der Waals surface area (Å²) in [6.45, 7) is 1.28. The number of rotatable bonds is 6. The van der Waals surface area contributed by atoms with E-state index in [1.54, 1.807) is 11.1 Å². The van der Waals surface area contributed by atoms with Crippen LogP contribution in [-0.4, -0.2) is 68.1 Å². The van der Waals surface area contributed by atoms with Crippen LogP contribution in [0.25, 0.3) is 0 Å². The normalized spacial score (nSPS) is 15.9. The summed E-state index contributed by atoms with van der Waals surface area (Å²) in [6.07, 6.45) is 5.34. The SMILES string of the molecule is CN(CC1(N(C)C)CCC1)C(=O)NCc1ccnc(N(C)C)c1. The second-order valence-corrected chi connectivity index (χ2v) is 6.90. The molecule has 1 heterocycles. The van der Waals surface area contributed by atoms with Crippen molar-refractivity contribution in [3.8, 4) is 0 Å². The third-order valence-electron chi connectivity index (χ3n) is 4.82. The summed E-state index contributed by atoms with van der Waals surface area (Å²) in [5.41, 5.74) is 1.21. The Bertz CT molecular complexity index is 540. The minimum Gasteiger partial charge on any atom is -0.363 e. The first kappa shape index (κ1) is 17.5. The number of nitrogens with zero attached hydrogens (tertiary/aromatic N) is 4. The third kappa shape index (κ3) is 4.13. The Labute approximate surface area is 139 Å². The van der Waals surface area contributed by atoms with Crippen LogP contribution in [0.4, 0.5) is 10.6 Å². The number of hydrogen-bond acceptors (Lipinski definition) is 4. The second kappa shape index (κ2) is 7.17. The minimum atomic E-state index is -0.0265. The van der Waals surface area contributed by atoms with Crippen molar-refractivity contribution < 1.29 is 4.79 Å². The Morgan fingerprint density at radius 1 is 1.26 bits per heavy atom. The molecule has 1 N–H and O–H groups in total. The number of pyridine rings is 1. The number of carbonyl (C=O) groups excluding carboxylic acids is 1. The molecule has 23 heavy (non-hydrogen) atoms. The van der Waals surface area contributed by atoms with Crippen LogP contribution in [0.1, 0.15) is 24.8 Å². The van der Waals surface area contributed by atoms with E-state index in [0.29, 0.717) is 6.54 Å². The first-order valence-electron chi connectivity index (χ1n) is 8.13. The monoisotopic (exact) mass is 319 g/mol. The number of carbonyl (C=O) groups is 1. The number of likely N-dealkylation sites (N-methyl/N-ethyl adjacent to an activating group) is 2. The minimum absolute atomic E-state index is 0.0265. The molecule has 0 aromatic carbocycles. The lowest BCUT2D eigenvalue weighted by Gasteiger charge is -2.49. The maximum Gasteiger partial charge on any atom is 0.317 e. The van der Waals surface area contributed by atoms with Gasteiger partial charge in [0.05, 0.1) is 0 Å². The van der Waals surface area contributed by atoms with Crippen molar-refractivity contribution in [2.75, 3.05) is 46.7 Å². The standard InChI is InChI=1S/C17H29N5O/c1-20(2)15-11-14(7-10-18-15)12-19-16(23)22(5)13-17(21(3)4)8-6-9-17/h7,10-11H,6,8-9,12-13H2,1-5H3,(H,19,23). The molecule has 1 aromatic rings. The van der Waals surface area contributed by atoms with Gasteiger partial charge < -0.3 is 20.0 Å². The van der Waals surface area contributed by atoms with Crippen molar-refractivity contribution in [2.24, 2.45) is 0 Å². The van der Waals surface area contributed by atoms with Gasteiger partial charge in [-0.25, -0.2) is 9.78 Å². The quantitative estimate of drug-likeness (QED) is 0.868. The first-order chi connectivity index (χ1) is 10.8. The number of urea groups is 1. The van der Waals surface area contributed by atoms with Crippen LogP contribution in [0.15, 0.2) is 18.3 Å². The molecule has 2 rings (SSSR count). The molecule has 6 heteroatoms. The molecule has 0 saturated heterocycles. The molecule has 2 amide bonds. The Morgan fingerprint density at radius 3 is 2.48 bits per heavy atom. The van der Waals surface area contributed by atoms with Crippen molar-refractivity contribution in [3.63, 3.8) is 0 Å². The number of amides is 2. The van der Waals surface area contributed by atoms with Gasteiger partial charge >= 0.3 is 6.03 Å². The van der Waals surface area contributed by atoms with E-state index in [9.17, 15) is 4.79 Å². The highest BCUT2D eigenvalue weighted by Crippen LogP contribution is 2.36. The summed E-state index contributed by atoms with van der Waals surface area (Å²) < 4.78 is 0. The largest absolute Gasteiger partial charge is 0.363 e. The summed E-state index contributed by atoms with van der Waals surface area (Å²) in [6, 6.07) is 3.90. The van der Waals surface area contributed by atoms with Gasteiger partial charge in [-0.1, -0.05) is 0 Å². The first-order valence-corrected chi connectivity index (χ1v) is 8.13. The molecule has 0 spiro atoms. The fourth-order valence-electron chi connectivity index (χ4n) is 2.97. The van der Waals surface area contributed by atoms with Crippen LogP contribution in [0, 0.1) is 0 Å². The highest BCUT2D eigenvalue weighted by molar-refractivity contribution is 5.74. The molecule has 1 aliphatic carbocycles. The molecule has 1 aliphatic rings. The fraction of sp³-hybridized carbons (Fsp3) is 0.647. The van der Waals surface area contributed by atoms with E-state index in [2.05, 4.69) is 29.3 Å². The van der Waals surface area contributed by atoms with E-state index in [0.717, 1.165) is 30.8 Å². The van der Waals surface area contributed by atoms with E-state index >= 15 is 0 Å². The van der Waals surface area contributed by atoms with E-state index in [1.807, 2.05) is 38.2 Å². The number of nitrogens with one attached hydrogen (secondary N) is 1. The van der Waals surface area contributed by atoms with Crippen molar-refractivity contribution in [3.05, 3.63) is 23.9 Å². The molecule has 1 aromatic heterocycles. The molecular weight excluding hydrogens is 290 g/mol. The van der Waals surface area contributed by atoms with E-state index in [1.165, 1.54) is 6.42 Å². The van der Waals surface area contributed by atoms with Gasteiger partial charge in [-0.3, -0.25) is 0 Å². The van der Waals surface area contributed by atoms with Gasteiger partial charge in [0.25, 0.3) is 0 Å². The van der Waals surface area contributed by atoms with Gasteiger partial charge in [-0.2, -0.15) is 0 Å². The van der Waals surface area contributed by atoms with Gasteiger partial charge in [0.2, 0.25) is 0 Å². The van der Waals surface area contributed by atoms with Crippen molar-refractivity contribution in [2.45, 2.75) is 31.3 Å². The zero-order valence-corrected chi connectivity index (χ0v) is 15.0. The molecule has 0 aliphatic heterocycles. The van der Waals surface area contributed by atoms with Crippen LogP contribution < -0.4 is 10.2 Å². The van der Waals surface area contributed by atoms with E-state index in [-0.39, 0.29) is 11.6 Å². The topological polar surface area (TPSA) is 51.7 Å². The maximum absolute atomic E-state index is 12.3. The molecule has 6 nitrogen and oxygen atoms in total. The zero-order valence-electron chi connectivity index (χ0n) is 15.0. The van der Waals surface area contributed by atoms with Gasteiger partial charge in [-0.15, -0.1) is 0 Å². The number of aromatic nitrogens is 1. The highest BCUT2D eigenvalue weighted by atomic mass is 16.2. The summed E-state index contributed by atoms with van der Waals surface area (Å²) in [5.74, 6) is 0.895. The average Bonchev–Trinajstić information content (AvgIpc) is 2.48. The van der Waals surface area contributed by atoms with Gasteiger partial charge in [0.15, 0.2) is 0 Å². The van der Waals surface area contributed by atoms with E-state index in [4.69, 9.17) is 0 Å². The Morgan fingerprint density at radius 2 is 1.96 bits per heavy atom. The molecule has 1 fully saturated rings. The van der Waals surface area contributed by atoms with Gasteiger partial charge in [-0.05, 0) is 51.1 Å². The van der Waals surface area contributed by atoms with Crippen LogP contribution >= 0.6 is 0 Å². The fourth-order valence-corrected chi connectivity index (χ4v) is 2.97. The van der Waals surface area contributed by atoms with Gasteiger partial charge in [0, 0.05) is 46.0 Å². The van der Waals surface area contributed by atoms with Crippen LogP contribution in [0.2, 0.25) is 0 Å². The highest BCUT2D eigenvalue weighted by Gasteiger charge is 2.40. The average molecular weight is 319 g/mol. The summed E-state index contributed by atoms with van der Waals surface area (Å²) in [7, 11) is 9.99. The smallest absolute Gasteiger partial charge is 0.317 e. The molecule has 0 atom stereocenters. The molecule has 1 saturated carbocycles. The van der Waals surface area contributed by atoms with Crippen LogP contribution in [0.3, 0.4) is 0 Å². The van der Waals surface area contributed by atoms with Crippen molar-refractivity contribution >= 4 is 11.8 Å². The van der Waals surface area contributed by atoms with Gasteiger partial charge in [0.1, 0.15) is 5.82 Å². The van der Waals surface area contributed by atoms with Crippen LogP contribution in [-0.2, 0) is 6.54 Å². The number of anilines is 1. The van der Waals surface area contributed by atoms with Crippen molar-refractivity contribution in [1.29, 1.82) is 0 Å². The number of hydrogen-bond donors (Lipinski definition) is 1. The van der Waals surface area contributed by atoms with Crippen LogP contribution in [0.5, 0.6) is 0 Å². The summed E-state index contributed by atoms with van der Waals surface area (Å²) in [5, 5.41) is 3.00. The molecular formula is C17H29N5O. The third-order valence-corrected chi connectivity index (χ3v) is 4.82. The molecule has 0 radical (unpaired) electrons. The summed E-state index contributed by atoms with van der Waals surface area (Å²) in [4.78, 5) is 22.6. The maximum atomic E-state index is 12.3. The predicted octanol–water partition coefficient (Wildman–Crippen LogP) is 1.77. The van der Waals surface area contributed by atoms with Crippen molar-refractivity contribution in [1.82, 2.24) is 20.1 Å².